The number of hydrogen-bond donors (Lipinski definition) is 1. The van der Waals surface area contributed by atoms with Crippen molar-refractivity contribution < 1.29 is 4.79 Å². The van der Waals surface area contributed by atoms with E-state index in [1.165, 1.54) is 0 Å². The summed E-state index contributed by atoms with van der Waals surface area (Å²) in [6.07, 6.45) is 7.21. The number of halogens is 1. The molecule has 4 heterocycles. The summed E-state index contributed by atoms with van der Waals surface area (Å²) < 4.78 is 3.86. The molecular weight excluding hydrogens is 376 g/mol. The molecule has 5 nitrogen and oxygen atoms in total. The van der Waals surface area contributed by atoms with E-state index >= 15 is 0 Å². The van der Waals surface area contributed by atoms with Crippen LogP contribution in [0.25, 0.3) is 15.7 Å². The molecule has 0 bridgehead atoms. The van der Waals surface area contributed by atoms with E-state index in [-0.39, 0.29) is 5.91 Å². The topological polar surface area (TPSA) is 59.3 Å². The van der Waals surface area contributed by atoms with Gasteiger partial charge in [0, 0.05) is 34.6 Å². The molecule has 0 spiro atoms. The summed E-state index contributed by atoms with van der Waals surface area (Å²) in [5.74, 6) is -0.135. The number of aromatic nitrogens is 3. The maximum Gasteiger partial charge on any atom is 0.254 e. The molecule has 114 valence electrons. The second kappa shape index (κ2) is 5.75. The first-order chi connectivity index (χ1) is 11.2. The van der Waals surface area contributed by atoms with Gasteiger partial charge < -0.3 is 9.72 Å². The molecule has 1 amide bonds. The second-order valence-corrected chi connectivity index (χ2v) is 6.89. The van der Waals surface area contributed by atoms with Gasteiger partial charge in [-0.05, 0) is 39.5 Å². The molecular formula is C16H11BrN4OS. The molecule has 0 atom stereocenters. The first-order valence-corrected chi connectivity index (χ1v) is 8.60. The maximum atomic E-state index is 12.4. The normalized spacial score (nSPS) is 11.2. The van der Waals surface area contributed by atoms with E-state index in [1.54, 1.807) is 23.7 Å². The van der Waals surface area contributed by atoms with Crippen molar-refractivity contribution in [1.29, 1.82) is 0 Å². The van der Waals surface area contributed by atoms with Crippen LogP contribution in [0.1, 0.15) is 16.1 Å². The summed E-state index contributed by atoms with van der Waals surface area (Å²) >= 11 is 4.97. The summed E-state index contributed by atoms with van der Waals surface area (Å²) in [4.78, 5) is 21.0. The number of rotatable bonds is 3. The molecule has 0 aromatic carbocycles. The number of carbonyl (C=O) groups excluding carboxylic acids is 1. The number of hydrogen-bond acceptors (Lipinski definition) is 4. The van der Waals surface area contributed by atoms with Crippen molar-refractivity contribution in [2.45, 2.75) is 6.54 Å². The second-order valence-electron chi connectivity index (χ2n) is 5.05. The third kappa shape index (κ3) is 2.73. The standard InChI is InChI=1S/C16H11BrN4OS/c17-11-1-2-14-20-12(9-21(14)8-11)6-19-16(22)13-7-18-5-10-3-4-23-15(10)13/h1-5,7-9H,6H2,(H,19,22). The van der Waals surface area contributed by atoms with E-state index in [0.717, 1.165) is 25.9 Å². The van der Waals surface area contributed by atoms with Crippen molar-refractivity contribution in [3.05, 3.63) is 64.1 Å². The molecule has 4 aromatic rings. The van der Waals surface area contributed by atoms with Gasteiger partial charge in [-0.3, -0.25) is 9.78 Å². The zero-order valence-electron chi connectivity index (χ0n) is 11.9. The lowest BCUT2D eigenvalue weighted by molar-refractivity contribution is 0.0952. The van der Waals surface area contributed by atoms with Crippen molar-refractivity contribution >= 4 is 48.9 Å². The third-order valence-electron chi connectivity index (χ3n) is 3.50. The van der Waals surface area contributed by atoms with Gasteiger partial charge in [0.25, 0.3) is 5.91 Å². The monoisotopic (exact) mass is 386 g/mol. The summed E-state index contributed by atoms with van der Waals surface area (Å²) in [6, 6.07) is 5.82. The van der Waals surface area contributed by atoms with E-state index in [1.807, 2.05) is 40.4 Å². The molecule has 0 radical (unpaired) electrons. The first kappa shape index (κ1) is 14.3. The fourth-order valence-corrected chi connectivity index (χ4v) is 3.65. The van der Waals surface area contributed by atoms with Crippen LogP contribution in [0, 0.1) is 0 Å². The zero-order chi connectivity index (χ0) is 15.8. The Morgan fingerprint density at radius 2 is 2.17 bits per heavy atom. The van der Waals surface area contributed by atoms with Gasteiger partial charge in [-0.25, -0.2) is 4.98 Å². The van der Waals surface area contributed by atoms with E-state index in [4.69, 9.17) is 0 Å². The predicted octanol–water partition coefficient (Wildman–Crippen LogP) is 3.64. The number of pyridine rings is 2. The summed E-state index contributed by atoms with van der Waals surface area (Å²) in [5, 5.41) is 5.86. The molecule has 4 rings (SSSR count). The van der Waals surface area contributed by atoms with E-state index in [2.05, 4.69) is 31.2 Å². The molecule has 1 N–H and O–H groups in total. The minimum absolute atomic E-state index is 0.135. The highest BCUT2D eigenvalue weighted by molar-refractivity contribution is 9.10. The first-order valence-electron chi connectivity index (χ1n) is 6.93. The molecule has 4 aromatic heterocycles. The maximum absolute atomic E-state index is 12.4. The van der Waals surface area contributed by atoms with Crippen molar-refractivity contribution in [1.82, 2.24) is 19.7 Å². The Kier molecular flexibility index (Phi) is 3.59. The lowest BCUT2D eigenvalue weighted by Gasteiger charge is -2.03. The van der Waals surface area contributed by atoms with Crippen LogP contribution in [0.4, 0.5) is 0 Å². The summed E-state index contributed by atoms with van der Waals surface area (Å²) in [6.45, 7) is 0.375. The SMILES string of the molecule is O=C(NCc1cn2cc(Br)ccc2n1)c1cncc2ccsc12. The van der Waals surface area contributed by atoms with Crippen LogP contribution in [-0.2, 0) is 6.54 Å². The Bertz CT molecular complexity index is 1020. The molecule has 0 aliphatic carbocycles. The Morgan fingerprint density at radius 3 is 3.09 bits per heavy atom. The summed E-state index contributed by atoms with van der Waals surface area (Å²) in [5.41, 5.74) is 2.26. The molecule has 0 saturated carbocycles. The minimum atomic E-state index is -0.135. The molecule has 0 aliphatic rings. The van der Waals surface area contributed by atoms with Crippen LogP contribution in [0.3, 0.4) is 0 Å². The minimum Gasteiger partial charge on any atom is -0.346 e. The van der Waals surface area contributed by atoms with Crippen molar-refractivity contribution in [3.63, 3.8) is 0 Å². The highest BCUT2D eigenvalue weighted by Crippen LogP contribution is 2.23. The number of fused-ring (bicyclic) bond motifs is 2. The fourth-order valence-electron chi connectivity index (χ4n) is 2.42. The smallest absolute Gasteiger partial charge is 0.254 e. The Hall–Kier alpha value is -2.25. The average Bonchev–Trinajstić information content (AvgIpc) is 3.17. The predicted molar refractivity (Wildman–Crippen MR) is 93.7 cm³/mol. The number of amides is 1. The molecule has 7 heteroatoms. The number of nitrogens with one attached hydrogen (secondary N) is 1. The number of carbonyl (C=O) groups is 1. The van der Waals surface area contributed by atoms with Gasteiger partial charge in [0.1, 0.15) is 5.65 Å². The summed E-state index contributed by atoms with van der Waals surface area (Å²) in [7, 11) is 0. The number of thiophene rings is 1. The largest absolute Gasteiger partial charge is 0.346 e. The number of nitrogens with zero attached hydrogens (tertiary/aromatic N) is 3. The lowest BCUT2D eigenvalue weighted by Crippen LogP contribution is -2.23. The highest BCUT2D eigenvalue weighted by atomic mass is 79.9. The van der Waals surface area contributed by atoms with Gasteiger partial charge in [-0.1, -0.05) is 0 Å². The zero-order valence-corrected chi connectivity index (χ0v) is 14.3. The van der Waals surface area contributed by atoms with Gasteiger partial charge in [-0.2, -0.15) is 0 Å². The van der Waals surface area contributed by atoms with E-state index < -0.39 is 0 Å². The molecule has 0 aliphatic heterocycles. The van der Waals surface area contributed by atoms with E-state index in [0.29, 0.717) is 12.1 Å². The third-order valence-corrected chi connectivity index (χ3v) is 4.93. The van der Waals surface area contributed by atoms with Gasteiger partial charge >= 0.3 is 0 Å². The Morgan fingerprint density at radius 1 is 1.26 bits per heavy atom. The van der Waals surface area contributed by atoms with Gasteiger partial charge in [0.05, 0.1) is 22.5 Å². The van der Waals surface area contributed by atoms with Gasteiger partial charge in [0.15, 0.2) is 0 Å². The molecule has 0 fully saturated rings. The van der Waals surface area contributed by atoms with Crippen LogP contribution in [-0.4, -0.2) is 20.3 Å². The van der Waals surface area contributed by atoms with Crippen LogP contribution < -0.4 is 5.32 Å². The van der Waals surface area contributed by atoms with Crippen LogP contribution in [0.5, 0.6) is 0 Å². The Balaban J connectivity index is 1.55. The van der Waals surface area contributed by atoms with Gasteiger partial charge in [-0.15, -0.1) is 11.3 Å². The van der Waals surface area contributed by atoms with Crippen LogP contribution >= 0.6 is 27.3 Å². The van der Waals surface area contributed by atoms with Gasteiger partial charge in [0.2, 0.25) is 0 Å². The lowest BCUT2D eigenvalue weighted by atomic mass is 10.2. The van der Waals surface area contributed by atoms with Crippen molar-refractivity contribution in [2.24, 2.45) is 0 Å². The van der Waals surface area contributed by atoms with E-state index in [9.17, 15) is 4.79 Å². The molecule has 23 heavy (non-hydrogen) atoms. The quantitative estimate of drug-likeness (QED) is 0.584. The highest BCUT2D eigenvalue weighted by Gasteiger charge is 2.12. The van der Waals surface area contributed by atoms with Crippen molar-refractivity contribution in [3.8, 4) is 0 Å². The number of imidazole rings is 1. The Labute approximate surface area is 144 Å². The van der Waals surface area contributed by atoms with Crippen LogP contribution in [0.15, 0.2) is 52.8 Å². The van der Waals surface area contributed by atoms with Crippen molar-refractivity contribution in [2.75, 3.05) is 0 Å². The molecule has 0 unspecified atom stereocenters. The average molecular weight is 387 g/mol. The van der Waals surface area contributed by atoms with Crippen LogP contribution in [0.2, 0.25) is 0 Å². The fraction of sp³-hybridized carbons (Fsp3) is 0.0625. The molecule has 0 saturated heterocycles.